The first-order valence-electron chi connectivity index (χ1n) is 6.33. The number of ether oxygens (including phenoxy) is 2. The molecule has 0 saturated carbocycles. The summed E-state index contributed by atoms with van der Waals surface area (Å²) in [4.78, 5) is 10.3. The van der Waals surface area contributed by atoms with E-state index in [0.717, 1.165) is 10.8 Å². The second-order valence-corrected chi connectivity index (χ2v) is 5.92. The molecule has 0 heterocycles. The van der Waals surface area contributed by atoms with Crippen molar-refractivity contribution in [3.05, 3.63) is 56.5 Å². The molecule has 124 valence electrons. The largest absolute Gasteiger partial charge is 0.496 e. The van der Waals surface area contributed by atoms with Gasteiger partial charge in [-0.15, -0.1) is 0 Å². The summed E-state index contributed by atoms with van der Waals surface area (Å²) in [6, 6.07) is 9.39. The van der Waals surface area contributed by atoms with Crippen LogP contribution in [-0.4, -0.2) is 20.5 Å². The summed E-state index contributed by atoms with van der Waals surface area (Å²) in [5, 5.41) is 0. The van der Waals surface area contributed by atoms with Crippen molar-refractivity contribution >= 4 is 38.1 Å². The van der Waals surface area contributed by atoms with Gasteiger partial charge in [0, 0.05) is 11.1 Å². The van der Waals surface area contributed by atoms with E-state index in [1.165, 1.54) is 19.2 Å². The standard InChI is InChI=1S/C8H7BrF2O.C8H7BrO2/c1-12-7-4-5(8(10)11)2-3-6(7)9;1-11-8-4-6(5-10)2-3-7(8)9/h2-4,8H,1H3;2-5H,1H3. The SMILES string of the molecule is COc1cc(C(F)F)ccc1Br.COc1cc(C=O)ccc1Br. The quantitative estimate of drug-likeness (QED) is 0.562. The number of hydrogen-bond donors (Lipinski definition) is 0. The van der Waals surface area contributed by atoms with Gasteiger partial charge in [-0.2, -0.15) is 0 Å². The van der Waals surface area contributed by atoms with Gasteiger partial charge < -0.3 is 9.47 Å². The van der Waals surface area contributed by atoms with E-state index < -0.39 is 6.43 Å². The average Bonchev–Trinajstić information content (AvgIpc) is 2.56. The summed E-state index contributed by atoms with van der Waals surface area (Å²) in [6.45, 7) is 0. The van der Waals surface area contributed by atoms with Gasteiger partial charge in [-0.3, -0.25) is 4.79 Å². The van der Waals surface area contributed by atoms with Gasteiger partial charge in [-0.25, -0.2) is 8.78 Å². The van der Waals surface area contributed by atoms with Crippen LogP contribution in [0.15, 0.2) is 45.3 Å². The van der Waals surface area contributed by atoms with E-state index in [-0.39, 0.29) is 5.56 Å². The topological polar surface area (TPSA) is 35.5 Å². The van der Waals surface area contributed by atoms with E-state index in [9.17, 15) is 13.6 Å². The minimum absolute atomic E-state index is 0.0324. The van der Waals surface area contributed by atoms with Crippen molar-refractivity contribution in [2.24, 2.45) is 0 Å². The minimum atomic E-state index is -2.45. The number of alkyl halides is 2. The van der Waals surface area contributed by atoms with Crippen molar-refractivity contribution in [3.63, 3.8) is 0 Å². The molecule has 2 aromatic rings. The number of benzene rings is 2. The van der Waals surface area contributed by atoms with Crippen LogP contribution >= 0.6 is 31.9 Å². The van der Waals surface area contributed by atoms with Crippen molar-refractivity contribution < 1.29 is 23.0 Å². The van der Waals surface area contributed by atoms with E-state index in [1.807, 2.05) is 0 Å². The summed E-state index contributed by atoms with van der Waals surface area (Å²) in [5.41, 5.74) is 0.583. The summed E-state index contributed by atoms with van der Waals surface area (Å²) < 4.78 is 35.7. The molecule has 0 bridgehead atoms. The normalized spacial score (nSPS) is 9.87. The molecule has 3 nitrogen and oxygen atoms in total. The van der Waals surface area contributed by atoms with Gasteiger partial charge in [0.25, 0.3) is 6.43 Å². The number of halogens is 4. The highest BCUT2D eigenvalue weighted by atomic mass is 79.9. The third-order valence-corrected chi connectivity index (χ3v) is 4.05. The summed E-state index contributed by atoms with van der Waals surface area (Å²) in [5.74, 6) is 1.10. The van der Waals surface area contributed by atoms with Crippen LogP contribution < -0.4 is 9.47 Å². The van der Waals surface area contributed by atoms with Crippen LogP contribution in [-0.2, 0) is 0 Å². The highest BCUT2D eigenvalue weighted by molar-refractivity contribution is 9.10. The predicted molar refractivity (Wildman–Crippen MR) is 91.7 cm³/mol. The lowest BCUT2D eigenvalue weighted by molar-refractivity contribution is 0.112. The smallest absolute Gasteiger partial charge is 0.263 e. The van der Waals surface area contributed by atoms with Crippen LogP contribution in [0.5, 0.6) is 11.5 Å². The molecule has 0 radical (unpaired) electrons. The van der Waals surface area contributed by atoms with Crippen LogP contribution in [0.3, 0.4) is 0 Å². The monoisotopic (exact) mass is 450 g/mol. The van der Waals surface area contributed by atoms with Crippen molar-refractivity contribution in [1.82, 2.24) is 0 Å². The van der Waals surface area contributed by atoms with Crippen LogP contribution in [0.1, 0.15) is 22.3 Å². The fraction of sp³-hybridized carbons (Fsp3) is 0.188. The lowest BCUT2D eigenvalue weighted by Gasteiger charge is -2.05. The number of rotatable bonds is 4. The zero-order valence-corrected chi connectivity index (χ0v) is 15.5. The van der Waals surface area contributed by atoms with E-state index in [4.69, 9.17) is 9.47 Å². The first-order valence-corrected chi connectivity index (χ1v) is 7.91. The Balaban J connectivity index is 0.000000231. The van der Waals surface area contributed by atoms with E-state index in [1.54, 1.807) is 31.4 Å². The van der Waals surface area contributed by atoms with Gasteiger partial charge in [0.1, 0.15) is 17.8 Å². The Bertz CT molecular complexity index is 664. The van der Waals surface area contributed by atoms with Gasteiger partial charge in [-0.1, -0.05) is 12.1 Å². The number of methoxy groups -OCH3 is 2. The molecule has 0 unspecified atom stereocenters. The Labute approximate surface area is 149 Å². The predicted octanol–water partition coefficient (Wildman–Crippen LogP) is 5.67. The molecule has 0 saturated heterocycles. The molecule has 0 N–H and O–H groups in total. The van der Waals surface area contributed by atoms with E-state index >= 15 is 0 Å². The Morgan fingerprint density at radius 3 is 1.96 bits per heavy atom. The molecule has 0 aliphatic carbocycles. The zero-order chi connectivity index (χ0) is 17.4. The maximum absolute atomic E-state index is 12.1. The maximum atomic E-state index is 12.1. The third-order valence-electron chi connectivity index (χ3n) is 2.74. The lowest BCUT2D eigenvalue weighted by atomic mass is 10.2. The number of hydrogen-bond acceptors (Lipinski definition) is 3. The molecule has 0 aliphatic rings. The van der Waals surface area contributed by atoms with Gasteiger partial charge in [0.2, 0.25) is 0 Å². The van der Waals surface area contributed by atoms with E-state index in [0.29, 0.717) is 21.5 Å². The molecule has 0 aliphatic heterocycles. The van der Waals surface area contributed by atoms with Crippen LogP contribution in [0.25, 0.3) is 0 Å². The second-order valence-electron chi connectivity index (χ2n) is 4.21. The molecule has 0 aromatic heterocycles. The Morgan fingerprint density at radius 1 is 0.957 bits per heavy atom. The van der Waals surface area contributed by atoms with Crippen molar-refractivity contribution in [2.75, 3.05) is 14.2 Å². The lowest BCUT2D eigenvalue weighted by Crippen LogP contribution is -1.88. The molecular formula is C16H14Br2F2O3. The van der Waals surface area contributed by atoms with Gasteiger partial charge in [0.05, 0.1) is 23.2 Å². The van der Waals surface area contributed by atoms with E-state index in [2.05, 4.69) is 31.9 Å². The maximum Gasteiger partial charge on any atom is 0.263 e. The van der Waals surface area contributed by atoms with Crippen molar-refractivity contribution in [2.45, 2.75) is 6.43 Å². The van der Waals surface area contributed by atoms with Crippen molar-refractivity contribution in [1.29, 1.82) is 0 Å². The number of aldehydes is 1. The van der Waals surface area contributed by atoms with Gasteiger partial charge in [-0.05, 0) is 56.1 Å². The summed E-state index contributed by atoms with van der Waals surface area (Å²) >= 11 is 6.45. The summed E-state index contributed by atoms with van der Waals surface area (Å²) in [7, 11) is 3.00. The highest BCUT2D eigenvalue weighted by Crippen LogP contribution is 2.29. The zero-order valence-electron chi connectivity index (χ0n) is 12.4. The molecule has 0 fully saturated rings. The van der Waals surface area contributed by atoms with Crippen LogP contribution in [0.2, 0.25) is 0 Å². The molecule has 0 spiro atoms. The fourth-order valence-electron chi connectivity index (χ4n) is 1.56. The Morgan fingerprint density at radius 2 is 1.48 bits per heavy atom. The third kappa shape index (κ3) is 5.91. The molecule has 23 heavy (non-hydrogen) atoms. The van der Waals surface area contributed by atoms with Gasteiger partial charge >= 0.3 is 0 Å². The summed E-state index contributed by atoms with van der Waals surface area (Å²) in [6.07, 6.45) is -1.67. The van der Waals surface area contributed by atoms with Gasteiger partial charge in [0.15, 0.2) is 0 Å². The Kier molecular flexibility index (Phi) is 8.19. The van der Waals surface area contributed by atoms with Crippen LogP contribution in [0, 0.1) is 0 Å². The molecule has 2 rings (SSSR count). The number of carbonyl (C=O) groups is 1. The van der Waals surface area contributed by atoms with Crippen molar-refractivity contribution in [3.8, 4) is 11.5 Å². The molecule has 7 heteroatoms. The number of carbonyl (C=O) groups excluding carboxylic acids is 1. The molecular weight excluding hydrogens is 438 g/mol. The fourth-order valence-corrected chi connectivity index (χ4v) is 2.38. The van der Waals surface area contributed by atoms with Crippen LogP contribution in [0.4, 0.5) is 8.78 Å². The minimum Gasteiger partial charge on any atom is -0.496 e. The average molecular weight is 452 g/mol. The second kappa shape index (κ2) is 9.62. The highest BCUT2D eigenvalue weighted by Gasteiger charge is 2.09. The molecule has 2 aromatic carbocycles. The molecule has 0 atom stereocenters. The first-order chi connectivity index (χ1) is 10.9. The Hall–Kier alpha value is -1.47. The first kappa shape index (κ1) is 19.6. The molecule has 0 amide bonds.